The highest BCUT2D eigenvalue weighted by Crippen LogP contribution is 2.16. The number of likely N-dealkylation sites (tertiary alicyclic amines) is 1. The fourth-order valence-electron chi connectivity index (χ4n) is 2.35. The van der Waals surface area contributed by atoms with E-state index in [9.17, 15) is 9.59 Å². The van der Waals surface area contributed by atoms with Crippen LogP contribution in [-0.2, 0) is 16.1 Å². The number of aliphatic carboxylic acids is 1. The van der Waals surface area contributed by atoms with Crippen molar-refractivity contribution in [3.8, 4) is 0 Å². The number of nitrogen functional groups attached to an aromatic ring is 1. The molecular weight excluding hydrogens is 272 g/mol. The van der Waals surface area contributed by atoms with E-state index in [-0.39, 0.29) is 18.3 Å². The van der Waals surface area contributed by atoms with E-state index in [1.54, 1.807) is 23.1 Å². The summed E-state index contributed by atoms with van der Waals surface area (Å²) in [6, 6.07) is 6.77. The minimum Gasteiger partial charge on any atom is -0.480 e. The van der Waals surface area contributed by atoms with Gasteiger partial charge in [-0.15, -0.1) is 0 Å². The molecule has 0 bridgehead atoms. The maximum absolute atomic E-state index is 12.1. The molecule has 2 rings (SSSR count). The lowest BCUT2D eigenvalue weighted by Gasteiger charge is -2.17. The standard InChI is InChI=1S/C14H18N4O3/c15-13(16)10-3-1-2-9(6-10)8-18-5-4-11(14(18)21)17-7-12(19)20/h1-3,6,11,17H,4-5,7-8H2,(H3,15,16)(H,19,20)/t11-/m0/s1. The molecular formula is C14H18N4O3. The van der Waals surface area contributed by atoms with Crippen LogP contribution >= 0.6 is 0 Å². The van der Waals surface area contributed by atoms with Crippen LogP contribution in [0.1, 0.15) is 17.5 Å². The molecule has 1 aliphatic rings. The van der Waals surface area contributed by atoms with Crippen molar-refractivity contribution in [1.82, 2.24) is 10.2 Å². The number of amidine groups is 1. The van der Waals surface area contributed by atoms with E-state index in [1.165, 1.54) is 0 Å². The average Bonchev–Trinajstić information content (AvgIpc) is 2.78. The van der Waals surface area contributed by atoms with Gasteiger partial charge in [-0.25, -0.2) is 0 Å². The number of hydrogen-bond donors (Lipinski definition) is 4. The molecule has 1 amide bonds. The lowest BCUT2D eigenvalue weighted by Crippen LogP contribution is -2.40. The third kappa shape index (κ3) is 3.79. The Morgan fingerprint density at radius 1 is 1.52 bits per heavy atom. The highest BCUT2D eigenvalue weighted by atomic mass is 16.4. The summed E-state index contributed by atoms with van der Waals surface area (Å²) in [5.74, 6) is -1.08. The maximum Gasteiger partial charge on any atom is 0.317 e. The van der Waals surface area contributed by atoms with Crippen LogP contribution in [0.4, 0.5) is 0 Å². The number of carbonyl (C=O) groups excluding carboxylic acids is 1. The van der Waals surface area contributed by atoms with Crippen molar-refractivity contribution in [2.45, 2.75) is 19.0 Å². The Kier molecular flexibility index (Phi) is 4.54. The van der Waals surface area contributed by atoms with E-state index in [0.717, 1.165) is 5.56 Å². The summed E-state index contributed by atoms with van der Waals surface area (Å²) in [6.45, 7) is 0.801. The molecule has 1 saturated heterocycles. The van der Waals surface area contributed by atoms with Gasteiger partial charge in [0.15, 0.2) is 0 Å². The Morgan fingerprint density at radius 3 is 2.95 bits per heavy atom. The first-order valence-corrected chi connectivity index (χ1v) is 6.64. The Hall–Kier alpha value is -2.41. The number of amides is 1. The number of hydrogen-bond acceptors (Lipinski definition) is 4. The van der Waals surface area contributed by atoms with E-state index in [2.05, 4.69) is 5.32 Å². The Labute approximate surface area is 122 Å². The molecule has 7 heteroatoms. The molecule has 1 atom stereocenters. The van der Waals surface area contributed by atoms with E-state index in [4.69, 9.17) is 16.2 Å². The molecule has 0 aromatic heterocycles. The Balaban J connectivity index is 1.98. The van der Waals surface area contributed by atoms with Gasteiger partial charge in [0.05, 0.1) is 12.6 Å². The summed E-state index contributed by atoms with van der Waals surface area (Å²) in [5.41, 5.74) is 6.97. The number of carbonyl (C=O) groups is 2. The zero-order valence-corrected chi connectivity index (χ0v) is 11.5. The number of nitrogens with one attached hydrogen (secondary N) is 2. The topological polar surface area (TPSA) is 120 Å². The average molecular weight is 290 g/mol. The lowest BCUT2D eigenvalue weighted by atomic mass is 10.1. The molecule has 1 fully saturated rings. The smallest absolute Gasteiger partial charge is 0.317 e. The predicted molar refractivity (Wildman–Crippen MR) is 76.9 cm³/mol. The second kappa shape index (κ2) is 6.36. The first-order valence-electron chi connectivity index (χ1n) is 6.64. The number of rotatable bonds is 6. The number of benzene rings is 1. The van der Waals surface area contributed by atoms with E-state index in [1.807, 2.05) is 6.07 Å². The summed E-state index contributed by atoms with van der Waals surface area (Å²) in [7, 11) is 0. The highest BCUT2D eigenvalue weighted by Gasteiger charge is 2.31. The molecule has 0 radical (unpaired) electrons. The van der Waals surface area contributed by atoms with Gasteiger partial charge in [-0.05, 0) is 18.1 Å². The van der Waals surface area contributed by atoms with Crippen LogP contribution in [0.2, 0.25) is 0 Å². The second-order valence-corrected chi connectivity index (χ2v) is 4.99. The SMILES string of the molecule is N=C(N)c1cccc(CN2CC[C@H](NCC(=O)O)C2=O)c1. The van der Waals surface area contributed by atoms with Gasteiger partial charge in [0.1, 0.15) is 5.84 Å². The van der Waals surface area contributed by atoms with Gasteiger partial charge in [0.25, 0.3) is 0 Å². The molecule has 0 aliphatic carbocycles. The van der Waals surface area contributed by atoms with Gasteiger partial charge < -0.3 is 15.7 Å². The van der Waals surface area contributed by atoms with Crippen molar-refractivity contribution >= 4 is 17.7 Å². The van der Waals surface area contributed by atoms with E-state index >= 15 is 0 Å². The molecule has 5 N–H and O–H groups in total. The van der Waals surface area contributed by atoms with E-state index in [0.29, 0.717) is 25.1 Å². The third-order valence-electron chi connectivity index (χ3n) is 3.41. The van der Waals surface area contributed by atoms with Crippen LogP contribution in [0.15, 0.2) is 24.3 Å². The van der Waals surface area contributed by atoms with E-state index < -0.39 is 12.0 Å². The fourth-order valence-corrected chi connectivity index (χ4v) is 2.35. The highest BCUT2D eigenvalue weighted by molar-refractivity contribution is 5.95. The van der Waals surface area contributed by atoms with Crippen molar-refractivity contribution in [2.75, 3.05) is 13.1 Å². The van der Waals surface area contributed by atoms with Crippen LogP contribution in [0, 0.1) is 5.41 Å². The summed E-state index contributed by atoms with van der Waals surface area (Å²) in [4.78, 5) is 24.3. The maximum atomic E-state index is 12.1. The molecule has 0 saturated carbocycles. The molecule has 1 aliphatic heterocycles. The normalized spacial score (nSPS) is 18.0. The minimum atomic E-state index is -0.976. The Morgan fingerprint density at radius 2 is 2.29 bits per heavy atom. The lowest BCUT2D eigenvalue weighted by molar-refractivity contribution is -0.136. The minimum absolute atomic E-state index is 0.00870. The molecule has 21 heavy (non-hydrogen) atoms. The van der Waals surface area contributed by atoms with Gasteiger partial charge >= 0.3 is 5.97 Å². The third-order valence-corrected chi connectivity index (χ3v) is 3.41. The molecule has 1 aromatic rings. The van der Waals surface area contributed by atoms with Gasteiger partial charge in [-0.3, -0.25) is 20.3 Å². The summed E-state index contributed by atoms with van der Waals surface area (Å²) in [6.07, 6.45) is 0.596. The molecule has 7 nitrogen and oxygen atoms in total. The molecule has 1 aromatic carbocycles. The van der Waals surface area contributed by atoms with Crippen molar-refractivity contribution in [2.24, 2.45) is 5.73 Å². The predicted octanol–water partition coefficient (Wildman–Crippen LogP) is -0.254. The van der Waals surface area contributed by atoms with Crippen LogP contribution in [0.25, 0.3) is 0 Å². The summed E-state index contributed by atoms with van der Waals surface area (Å²) < 4.78 is 0. The molecule has 1 heterocycles. The van der Waals surface area contributed by atoms with Crippen molar-refractivity contribution in [3.05, 3.63) is 35.4 Å². The van der Waals surface area contributed by atoms with Gasteiger partial charge in [0.2, 0.25) is 5.91 Å². The number of nitrogens with zero attached hydrogens (tertiary/aromatic N) is 1. The first-order chi connectivity index (χ1) is 9.97. The Bertz CT molecular complexity index is 573. The number of carboxylic acids is 1. The van der Waals surface area contributed by atoms with Gasteiger partial charge in [-0.1, -0.05) is 18.2 Å². The van der Waals surface area contributed by atoms with Crippen LogP contribution in [0.5, 0.6) is 0 Å². The monoisotopic (exact) mass is 290 g/mol. The molecule has 0 unspecified atom stereocenters. The molecule has 112 valence electrons. The zero-order chi connectivity index (χ0) is 15.4. The van der Waals surface area contributed by atoms with Crippen LogP contribution in [-0.4, -0.2) is 46.8 Å². The van der Waals surface area contributed by atoms with Gasteiger partial charge in [-0.2, -0.15) is 0 Å². The summed E-state index contributed by atoms with van der Waals surface area (Å²) >= 11 is 0. The summed E-state index contributed by atoms with van der Waals surface area (Å²) in [5, 5.41) is 18.8. The quantitative estimate of drug-likeness (QED) is 0.425. The van der Waals surface area contributed by atoms with Crippen molar-refractivity contribution in [3.63, 3.8) is 0 Å². The van der Waals surface area contributed by atoms with Crippen LogP contribution < -0.4 is 11.1 Å². The second-order valence-electron chi connectivity index (χ2n) is 4.99. The van der Waals surface area contributed by atoms with Crippen molar-refractivity contribution in [1.29, 1.82) is 5.41 Å². The first kappa shape index (κ1) is 15.0. The largest absolute Gasteiger partial charge is 0.480 e. The molecule has 0 spiro atoms. The fraction of sp³-hybridized carbons (Fsp3) is 0.357. The van der Waals surface area contributed by atoms with Crippen molar-refractivity contribution < 1.29 is 14.7 Å². The van der Waals surface area contributed by atoms with Gasteiger partial charge in [0, 0.05) is 18.7 Å². The number of nitrogens with two attached hydrogens (primary N) is 1. The zero-order valence-electron chi connectivity index (χ0n) is 11.5. The van der Waals surface area contributed by atoms with Crippen LogP contribution in [0.3, 0.4) is 0 Å². The number of carboxylic acid groups (broad SMARTS) is 1.